The summed E-state index contributed by atoms with van der Waals surface area (Å²) >= 11 is 3.29. The first-order valence-electron chi connectivity index (χ1n) is 5.48. The molecule has 2 heterocycles. The van der Waals surface area contributed by atoms with Gasteiger partial charge >= 0.3 is 0 Å². The van der Waals surface area contributed by atoms with Crippen LogP contribution in [0.5, 0.6) is 0 Å². The minimum absolute atomic E-state index is 0.219. The first kappa shape index (κ1) is 12.6. The first-order valence-corrected chi connectivity index (χ1v) is 6.28. The number of nitrogens with one attached hydrogen (secondary N) is 1. The second-order valence-corrected chi connectivity index (χ2v) is 4.68. The number of rotatable bonds is 3. The minimum Gasteiger partial charge on any atom is -0.397 e. The molecule has 5 nitrogen and oxygen atoms in total. The maximum Gasteiger partial charge on any atom is 0.273 e. The maximum atomic E-state index is 12.1. The van der Waals surface area contributed by atoms with Gasteiger partial charge in [-0.2, -0.15) is 0 Å². The number of amides is 1. The molecule has 0 aliphatic rings. The zero-order valence-electron chi connectivity index (χ0n) is 9.85. The molecule has 94 valence electrons. The molecule has 0 fully saturated rings. The summed E-state index contributed by atoms with van der Waals surface area (Å²) in [5.74, 6) is 0.286. The number of pyridine rings is 1. The van der Waals surface area contributed by atoms with Crippen LogP contribution in [0.1, 0.15) is 17.4 Å². The Kier molecular flexibility index (Phi) is 3.66. The van der Waals surface area contributed by atoms with E-state index < -0.39 is 0 Å². The van der Waals surface area contributed by atoms with Crippen molar-refractivity contribution in [1.82, 2.24) is 9.55 Å². The Bertz CT molecular complexity index is 562. The van der Waals surface area contributed by atoms with Gasteiger partial charge < -0.3 is 15.6 Å². The average Bonchev–Trinajstić information content (AvgIpc) is 2.73. The normalized spacial score (nSPS) is 10.3. The standard InChI is InChI=1S/C12H13BrN4O/c1-2-17-7-9(14)5-10(17)12(18)16-11-4-3-8(13)6-15-11/h3-7H,2,14H2,1H3,(H,15,16,18). The average molecular weight is 309 g/mol. The van der Waals surface area contributed by atoms with Crippen LogP contribution in [0.15, 0.2) is 35.1 Å². The number of hydrogen-bond donors (Lipinski definition) is 2. The largest absolute Gasteiger partial charge is 0.397 e. The first-order chi connectivity index (χ1) is 8.60. The van der Waals surface area contributed by atoms with Gasteiger partial charge in [-0.05, 0) is 41.1 Å². The van der Waals surface area contributed by atoms with Crippen LogP contribution in [0, 0.1) is 0 Å². The van der Waals surface area contributed by atoms with Crippen molar-refractivity contribution in [1.29, 1.82) is 0 Å². The Hall–Kier alpha value is -1.82. The Morgan fingerprint density at radius 2 is 2.33 bits per heavy atom. The lowest BCUT2D eigenvalue weighted by Crippen LogP contribution is -2.16. The Labute approximate surface area is 113 Å². The van der Waals surface area contributed by atoms with E-state index in [9.17, 15) is 4.79 Å². The Balaban J connectivity index is 2.19. The van der Waals surface area contributed by atoms with Crippen LogP contribution in [0.2, 0.25) is 0 Å². The number of aryl methyl sites for hydroxylation is 1. The van der Waals surface area contributed by atoms with Gasteiger partial charge in [-0.3, -0.25) is 4.79 Å². The van der Waals surface area contributed by atoms with Crippen LogP contribution in [0.25, 0.3) is 0 Å². The molecule has 0 atom stereocenters. The fraction of sp³-hybridized carbons (Fsp3) is 0.167. The summed E-state index contributed by atoms with van der Waals surface area (Å²) in [5.41, 5.74) is 6.79. The number of nitrogen functional groups attached to an aromatic ring is 1. The van der Waals surface area contributed by atoms with Gasteiger partial charge in [0.15, 0.2) is 0 Å². The smallest absolute Gasteiger partial charge is 0.273 e. The van der Waals surface area contributed by atoms with Gasteiger partial charge in [-0.1, -0.05) is 0 Å². The topological polar surface area (TPSA) is 72.9 Å². The predicted octanol–water partition coefficient (Wildman–Crippen LogP) is 2.50. The maximum absolute atomic E-state index is 12.1. The molecule has 0 bridgehead atoms. The zero-order chi connectivity index (χ0) is 13.1. The van der Waals surface area contributed by atoms with E-state index in [1.54, 1.807) is 29.1 Å². The molecule has 0 spiro atoms. The van der Waals surface area contributed by atoms with Gasteiger partial charge in [0, 0.05) is 23.4 Å². The van der Waals surface area contributed by atoms with Crippen LogP contribution < -0.4 is 11.1 Å². The SMILES string of the molecule is CCn1cc(N)cc1C(=O)Nc1ccc(Br)cn1. The van der Waals surface area contributed by atoms with E-state index in [1.807, 2.05) is 13.0 Å². The lowest BCUT2D eigenvalue weighted by Gasteiger charge is -2.06. The summed E-state index contributed by atoms with van der Waals surface area (Å²) in [5, 5.41) is 2.73. The molecule has 0 aliphatic carbocycles. The Morgan fingerprint density at radius 1 is 1.56 bits per heavy atom. The number of nitrogens with two attached hydrogens (primary N) is 1. The highest BCUT2D eigenvalue weighted by Crippen LogP contribution is 2.14. The third kappa shape index (κ3) is 2.70. The summed E-state index contributed by atoms with van der Waals surface area (Å²) in [6.45, 7) is 2.64. The quantitative estimate of drug-likeness (QED) is 0.915. The second-order valence-electron chi connectivity index (χ2n) is 3.76. The van der Waals surface area contributed by atoms with Gasteiger partial charge in [-0.25, -0.2) is 4.98 Å². The van der Waals surface area contributed by atoms with Crippen molar-refractivity contribution < 1.29 is 4.79 Å². The molecule has 2 aromatic rings. The van der Waals surface area contributed by atoms with Gasteiger partial charge in [-0.15, -0.1) is 0 Å². The second kappa shape index (κ2) is 5.22. The molecular formula is C12H13BrN4O. The van der Waals surface area contributed by atoms with Gasteiger partial charge in [0.2, 0.25) is 0 Å². The molecule has 18 heavy (non-hydrogen) atoms. The van der Waals surface area contributed by atoms with E-state index in [4.69, 9.17) is 5.73 Å². The zero-order valence-corrected chi connectivity index (χ0v) is 11.4. The molecule has 3 N–H and O–H groups in total. The van der Waals surface area contributed by atoms with Crippen LogP contribution >= 0.6 is 15.9 Å². The van der Waals surface area contributed by atoms with Crippen molar-refractivity contribution >= 4 is 33.3 Å². The number of anilines is 2. The van der Waals surface area contributed by atoms with Crippen molar-refractivity contribution in [2.24, 2.45) is 0 Å². The third-order valence-electron chi connectivity index (χ3n) is 2.46. The van der Waals surface area contributed by atoms with Crippen molar-refractivity contribution in [2.45, 2.75) is 13.5 Å². The van der Waals surface area contributed by atoms with E-state index in [0.717, 1.165) is 4.47 Å². The molecule has 0 unspecified atom stereocenters. The van der Waals surface area contributed by atoms with Crippen LogP contribution in [0.4, 0.5) is 11.5 Å². The number of carbonyl (C=O) groups excluding carboxylic acids is 1. The summed E-state index contributed by atoms with van der Waals surface area (Å²) in [6.07, 6.45) is 3.37. The highest BCUT2D eigenvalue weighted by Gasteiger charge is 2.12. The number of nitrogens with zero attached hydrogens (tertiary/aromatic N) is 2. The molecule has 2 aromatic heterocycles. The van der Waals surface area contributed by atoms with Crippen molar-refractivity contribution in [3.8, 4) is 0 Å². The monoisotopic (exact) mass is 308 g/mol. The van der Waals surface area contributed by atoms with Crippen LogP contribution in [-0.2, 0) is 6.54 Å². The summed E-state index contributed by atoms with van der Waals surface area (Å²) < 4.78 is 2.66. The van der Waals surface area contributed by atoms with E-state index in [2.05, 4.69) is 26.2 Å². The fourth-order valence-electron chi connectivity index (χ4n) is 1.62. The van der Waals surface area contributed by atoms with Crippen molar-refractivity contribution in [3.63, 3.8) is 0 Å². The molecular weight excluding hydrogens is 296 g/mol. The van der Waals surface area contributed by atoms with E-state index in [1.165, 1.54) is 0 Å². The molecule has 0 saturated heterocycles. The molecule has 0 aromatic carbocycles. The summed E-state index contributed by atoms with van der Waals surface area (Å²) in [6, 6.07) is 5.19. The molecule has 2 rings (SSSR count). The minimum atomic E-state index is -0.219. The molecule has 1 amide bonds. The van der Waals surface area contributed by atoms with E-state index >= 15 is 0 Å². The third-order valence-corrected chi connectivity index (χ3v) is 2.93. The predicted molar refractivity (Wildman–Crippen MR) is 74.4 cm³/mol. The fourth-order valence-corrected chi connectivity index (χ4v) is 1.85. The molecule has 0 saturated carbocycles. The highest BCUT2D eigenvalue weighted by molar-refractivity contribution is 9.10. The molecule has 0 aliphatic heterocycles. The number of carbonyl (C=O) groups is 1. The molecule has 6 heteroatoms. The molecule has 0 radical (unpaired) electrons. The van der Waals surface area contributed by atoms with E-state index in [0.29, 0.717) is 23.7 Å². The van der Waals surface area contributed by atoms with Gasteiger partial charge in [0.1, 0.15) is 11.5 Å². The number of hydrogen-bond acceptors (Lipinski definition) is 3. The number of halogens is 1. The van der Waals surface area contributed by atoms with Crippen molar-refractivity contribution in [3.05, 3.63) is 40.8 Å². The summed E-state index contributed by atoms with van der Waals surface area (Å²) in [4.78, 5) is 16.1. The highest BCUT2D eigenvalue weighted by atomic mass is 79.9. The van der Waals surface area contributed by atoms with Crippen LogP contribution in [0.3, 0.4) is 0 Å². The van der Waals surface area contributed by atoms with Gasteiger partial charge in [0.05, 0.1) is 5.69 Å². The van der Waals surface area contributed by atoms with Gasteiger partial charge in [0.25, 0.3) is 5.91 Å². The Morgan fingerprint density at radius 3 is 2.94 bits per heavy atom. The summed E-state index contributed by atoms with van der Waals surface area (Å²) in [7, 11) is 0. The van der Waals surface area contributed by atoms with Crippen LogP contribution in [-0.4, -0.2) is 15.5 Å². The van der Waals surface area contributed by atoms with Crippen molar-refractivity contribution in [2.75, 3.05) is 11.1 Å². The lowest BCUT2D eigenvalue weighted by atomic mass is 10.3. The number of aromatic nitrogens is 2. The lowest BCUT2D eigenvalue weighted by molar-refractivity contribution is 0.101. The van der Waals surface area contributed by atoms with E-state index in [-0.39, 0.29) is 5.91 Å².